The predicted octanol–water partition coefficient (Wildman–Crippen LogP) is 1.53. The van der Waals surface area contributed by atoms with E-state index >= 15 is 0 Å². The average molecular weight is 255 g/mol. The normalized spacial score (nSPS) is 17.9. The third-order valence-electron chi connectivity index (χ3n) is 3.23. The van der Waals surface area contributed by atoms with E-state index in [0.717, 1.165) is 19.3 Å². The van der Waals surface area contributed by atoms with Gasteiger partial charge in [-0.3, -0.25) is 4.79 Å². The Kier molecular flexibility index (Phi) is 6.54. The van der Waals surface area contributed by atoms with Crippen molar-refractivity contribution >= 4 is 11.9 Å². The molecule has 5 nitrogen and oxygen atoms in total. The van der Waals surface area contributed by atoms with Gasteiger partial charge in [0.1, 0.15) is 6.04 Å². The standard InChI is InChI=1S/C13H25N3O2/c1-3-9-14-12(17)10(2)15-13(18)16-11-7-5-4-6-8-11/h10-11H,3-9H2,1-2H3,(H,14,17)(H2,15,16,18). The molecule has 0 saturated heterocycles. The maximum absolute atomic E-state index is 11.7. The predicted molar refractivity (Wildman–Crippen MR) is 71.3 cm³/mol. The molecule has 0 aromatic heterocycles. The Labute approximate surface area is 109 Å². The van der Waals surface area contributed by atoms with Crippen molar-refractivity contribution in [2.24, 2.45) is 0 Å². The van der Waals surface area contributed by atoms with Gasteiger partial charge in [-0.2, -0.15) is 0 Å². The molecule has 1 rings (SSSR count). The number of hydrogen-bond acceptors (Lipinski definition) is 2. The largest absolute Gasteiger partial charge is 0.354 e. The number of carbonyl (C=O) groups excluding carboxylic acids is 2. The van der Waals surface area contributed by atoms with E-state index in [1.165, 1.54) is 19.3 Å². The molecule has 0 aromatic carbocycles. The van der Waals surface area contributed by atoms with Crippen molar-refractivity contribution < 1.29 is 9.59 Å². The fraction of sp³-hybridized carbons (Fsp3) is 0.846. The van der Waals surface area contributed by atoms with Gasteiger partial charge in [-0.05, 0) is 26.2 Å². The highest BCUT2D eigenvalue weighted by molar-refractivity contribution is 5.86. The second-order valence-electron chi connectivity index (χ2n) is 4.97. The van der Waals surface area contributed by atoms with Crippen molar-refractivity contribution in [2.45, 2.75) is 64.5 Å². The van der Waals surface area contributed by atoms with E-state index in [-0.39, 0.29) is 18.0 Å². The van der Waals surface area contributed by atoms with E-state index in [0.29, 0.717) is 6.54 Å². The van der Waals surface area contributed by atoms with Crippen LogP contribution in [0.2, 0.25) is 0 Å². The number of amides is 3. The van der Waals surface area contributed by atoms with Gasteiger partial charge in [0.25, 0.3) is 0 Å². The molecule has 1 saturated carbocycles. The van der Waals surface area contributed by atoms with Crippen molar-refractivity contribution in [3.05, 3.63) is 0 Å². The van der Waals surface area contributed by atoms with Gasteiger partial charge >= 0.3 is 6.03 Å². The van der Waals surface area contributed by atoms with Gasteiger partial charge in [0, 0.05) is 12.6 Å². The average Bonchev–Trinajstić information content (AvgIpc) is 2.36. The summed E-state index contributed by atoms with van der Waals surface area (Å²) in [6, 6.07) is -0.453. The molecule has 1 unspecified atom stereocenters. The number of hydrogen-bond donors (Lipinski definition) is 3. The summed E-state index contributed by atoms with van der Waals surface area (Å²) in [6.45, 7) is 4.34. The Bertz CT molecular complexity index is 275. The molecule has 0 aromatic rings. The highest BCUT2D eigenvalue weighted by Gasteiger charge is 2.18. The summed E-state index contributed by atoms with van der Waals surface area (Å²) in [5, 5.41) is 8.36. The second-order valence-corrected chi connectivity index (χ2v) is 4.97. The third-order valence-corrected chi connectivity index (χ3v) is 3.23. The Balaban J connectivity index is 2.23. The lowest BCUT2D eigenvalue weighted by atomic mass is 9.96. The van der Waals surface area contributed by atoms with E-state index in [1.54, 1.807) is 6.92 Å². The van der Waals surface area contributed by atoms with Gasteiger partial charge in [-0.1, -0.05) is 26.2 Å². The molecular formula is C13H25N3O2. The minimum absolute atomic E-state index is 0.129. The van der Waals surface area contributed by atoms with Crippen LogP contribution in [0.1, 0.15) is 52.4 Å². The van der Waals surface area contributed by atoms with Crippen LogP contribution in [0.5, 0.6) is 0 Å². The fourth-order valence-corrected chi connectivity index (χ4v) is 2.14. The van der Waals surface area contributed by atoms with Crippen molar-refractivity contribution in [3.8, 4) is 0 Å². The van der Waals surface area contributed by atoms with Crippen LogP contribution in [0.25, 0.3) is 0 Å². The van der Waals surface area contributed by atoms with Crippen molar-refractivity contribution in [3.63, 3.8) is 0 Å². The maximum Gasteiger partial charge on any atom is 0.315 e. The molecule has 1 aliphatic carbocycles. The van der Waals surface area contributed by atoms with Gasteiger partial charge in [0.2, 0.25) is 5.91 Å². The van der Waals surface area contributed by atoms with E-state index in [9.17, 15) is 9.59 Å². The molecule has 18 heavy (non-hydrogen) atoms. The number of carbonyl (C=O) groups is 2. The van der Waals surface area contributed by atoms with Gasteiger partial charge in [0.05, 0.1) is 0 Å². The lowest BCUT2D eigenvalue weighted by Gasteiger charge is -2.24. The van der Waals surface area contributed by atoms with E-state index in [2.05, 4.69) is 16.0 Å². The quantitative estimate of drug-likeness (QED) is 0.697. The molecule has 0 radical (unpaired) electrons. The molecule has 3 N–H and O–H groups in total. The van der Waals surface area contributed by atoms with Crippen LogP contribution in [0.15, 0.2) is 0 Å². The SMILES string of the molecule is CCCNC(=O)C(C)NC(=O)NC1CCCCC1. The Morgan fingerprint density at radius 3 is 2.50 bits per heavy atom. The molecule has 1 aliphatic rings. The summed E-state index contributed by atoms with van der Waals surface area (Å²) < 4.78 is 0. The summed E-state index contributed by atoms with van der Waals surface area (Å²) in [4.78, 5) is 23.3. The topological polar surface area (TPSA) is 70.2 Å². The summed E-state index contributed by atoms with van der Waals surface area (Å²) in [6.07, 6.45) is 6.60. The first-order valence-electron chi connectivity index (χ1n) is 6.98. The highest BCUT2D eigenvalue weighted by atomic mass is 16.2. The van der Waals surface area contributed by atoms with Gasteiger partial charge in [0.15, 0.2) is 0 Å². The van der Waals surface area contributed by atoms with E-state index in [4.69, 9.17) is 0 Å². The smallest absolute Gasteiger partial charge is 0.315 e. The minimum Gasteiger partial charge on any atom is -0.354 e. The molecule has 0 aliphatic heterocycles. The summed E-state index contributed by atoms with van der Waals surface area (Å²) in [7, 11) is 0. The van der Waals surface area contributed by atoms with E-state index < -0.39 is 6.04 Å². The molecule has 0 bridgehead atoms. The van der Waals surface area contributed by atoms with Gasteiger partial charge in [-0.15, -0.1) is 0 Å². The van der Waals surface area contributed by atoms with Crippen molar-refractivity contribution in [2.75, 3.05) is 6.54 Å². The lowest BCUT2D eigenvalue weighted by Crippen LogP contribution is -2.51. The molecule has 3 amide bonds. The molecule has 104 valence electrons. The van der Waals surface area contributed by atoms with Crippen LogP contribution in [0.4, 0.5) is 4.79 Å². The first kappa shape index (κ1) is 14.8. The Morgan fingerprint density at radius 1 is 1.22 bits per heavy atom. The first-order chi connectivity index (χ1) is 8.63. The minimum atomic E-state index is -0.486. The van der Waals surface area contributed by atoms with Crippen molar-refractivity contribution in [1.82, 2.24) is 16.0 Å². The number of nitrogens with one attached hydrogen (secondary N) is 3. The lowest BCUT2D eigenvalue weighted by molar-refractivity contribution is -0.122. The maximum atomic E-state index is 11.7. The summed E-state index contributed by atoms with van der Waals surface area (Å²) in [5.74, 6) is -0.129. The number of rotatable bonds is 5. The molecular weight excluding hydrogens is 230 g/mol. The van der Waals surface area contributed by atoms with Crippen LogP contribution in [0, 0.1) is 0 Å². The third kappa shape index (κ3) is 5.38. The monoisotopic (exact) mass is 255 g/mol. The van der Waals surface area contributed by atoms with Gasteiger partial charge < -0.3 is 16.0 Å². The molecule has 1 fully saturated rings. The zero-order valence-corrected chi connectivity index (χ0v) is 11.4. The van der Waals surface area contributed by atoms with E-state index in [1.807, 2.05) is 6.92 Å². The van der Waals surface area contributed by atoms with Gasteiger partial charge in [-0.25, -0.2) is 4.79 Å². The second kappa shape index (κ2) is 7.95. The van der Waals surface area contributed by atoms with Crippen LogP contribution in [-0.2, 0) is 4.79 Å². The molecule has 5 heteroatoms. The van der Waals surface area contributed by atoms with Crippen LogP contribution >= 0.6 is 0 Å². The fourth-order valence-electron chi connectivity index (χ4n) is 2.14. The molecule has 0 heterocycles. The first-order valence-corrected chi connectivity index (χ1v) is 6.98. The summed E-state index contributed by atoms with van der Waals surface area (Å²) >= 11 is 0. The van der Waals surface area contributed by atoms with Crippen LogP contribution in [-0.4, -0.2) is 30.6 Å². The number of urea groups is 1. The van der Waals surface area contributed by atoms with Crippen molar-refractivity contribution in [1.29, 1.82) is 0 Å². The Hall–Kier alpha value is -1.26. The molecule has 0 spiro atoms. The zero-order valence-electron chi connectivity index (χ0n) is 11.4. The Morgan fingerprint density at radius 2 is 1.89 bits per heavy atom. The van der Waals surface area contributed by atoms with Crippen LogP contribution < -0.4 is 16.0 Å². The highest BCUT2D eigenvalue weighted by Crippen LogP contribution is 2.17. The molecule has 1 atom stereocenters. The van der Waals surface area contributed by atoms with Crippen LogP contribution in [0.3, 0.4) is 0 Å². The summed E-state index contributed by atoms with van der Waals surface area (Å²) in [5.41, 5.74) is 0. The zero-order chi connectivity index (χ0) is 13.4.